The normalized spacial score (nSPS) is 30.4. The van der Waals surface area contributed by atoms with Crippen molar-refractivity contribution in [2.75, 3.05) is 13.2 Å². The summed E-state index contributed by atoms with van der Waals surface area (Å²) in [5.74, 6) is 0.583. The minimum atomic E-state index is 0.231. The number of fused-ring (bicyclic) bond motifs is 2. The smallest absolute Gasteiger partial charge is 0.226 e. The van der Waals surface area contributed by atoms with E-state index in [-0.39, 0.29) is 5.92 Å². The molecule has 3 heteroatoms. The molecular weight excluding hydrogens is 178 g/mol. The Bertz CT molecular complexity index is 225. The van der Waals surface area contributed by atoms with Crippen molar-refractivity contribution in [2.45, 2.75) is 45.3 Å². The van der Waals surface area contributed by atoms with Crippen molar-refractivity contribution >= 4 is 5.91 Å². The first-order chi connectivity index (χ1) is 6.76. The van der Waals surface area contributed by atoms with E-state index < -0.39 is 0 Å². The summed E-state index contributed by atoms with van der Waals surface area (Å²) in [5, 5.41) is 0. The molecule has 0 aliphatic carbocycles. The molecule has 3 nitrogen and oxygen atoms in total. The average molecular weight is 197 g/mol. The molecule has 2 aliphatic rings. The first kappa shape index (κ1) is 9.97. The van der Waals surface area contributed by atoms with Gasteiger partial charge in [0.15, 0.2) is 0 Å². The SMILES string of the molecule is CCC(CC)C(=O)N1CC2CC1CO2. The van der Waals surface area contributed by atoms with Gasteiger partial charge in [0, 0.05) is 12.5 Å². The fourth-order valence-corrected chi connectivity index (χ4v) is 2.54. The van der Waals surface area contributed by atoms with Crippen LogP contribution in [0.2, 0.25) is 0 Å². The molecular formula is C11H19NO2. The predicted molar refractivity (Wildman–Crippen MR) is 53.9 cm³/mol. The molecule has 80 valence electrons. The molecule has 2 atom stereocenters. The van der Waals surface area contributed by atoms with Crippen molar-refractivity contribution in [3.63, 3.8) is 0 Å². The quantitative estimate of drug-likeness (QED) is 0.685. The highest BCUT2D eigenvalue weighted by Crippen LogP contribution is 2.29. The Hall–Kier alpha value is -0.570. The lowest BCUT2D eigenvalue weighted by Gasteiger charge is -2.29. The summed E-state index contributed by atoms with van der Waals surface area (Å²) in [5.41, 5.74) is 0. The van der Waals surface area contributed by atoms with Gasteiger partial charge in [-0.25, -0.2) is 0 Å². The number of carbonyl (C=O) groups excluding carboxylic acids is 1. The standard InChI is InChI=1S/C11H19NO2/c1-3-8(4-2)11(13)12-6-10-5-9(12)7-14-10/h8-10H,3-7H2,1-2H3. The molecule has 2 saturated heterocycles. The van der Waals surface area contributed by atoms with Crippen LogP contribution in [0.1, 0.15) is 33.1 Å². The van der Waals surface area contributed by atoms with Gasteiger partial charge in [0.2, 0.25) is 5.91 Å². The summed E-state index contributed by atoms with van der Waals surface area (Å²) >= 11 is 0. The van der Waals surface area contributed by atoms with E-state index >= 15 is 0 Å². The van der Waals surface area contributed by atoms with E-state index in [1.165, 1.54) is 0 Å². The van der Waals surface area contributed by atoms with Gasteiger partial charge in [0.1, 0.15) is 0 Å². The van der Waals surface area contributed by atoms with E-state index in [1.54, 1.807) is 0 Å². The Morgan fingerprint density at radius 1 is 1.50 bits per heavy atom. The van der Waals surface area contributed by atoms with Crippen molar-refractivity contribution in [2.24, 2.45) is 5.92 Å². The zero-order valence-corrected chi connectivity index (χ0v) is 9.03. The molecule has 2 fully saturated rings. The molecule has 2 unspecified atom stereocenters. The van der Waals surface area contributed by atoms with Gasteiger partial charge >= 0.3 is 0 Å². The van der Waals surface area contributed by atoms with Crippen LogP contribution in [-0.4, -0.2) is 36.1 Å². The zero-order valence-electron chi connectivity index (χ0n) is 9.03. The number of amides is 1. The first-order valence-electron chi connectivity index (χ1n) is 5.68. The van der Waals surface area contributed by atoms with E-state index in [0.29, 0.717) is 18.1 Å². The van der Waals surface area contributed by atoms with Crippen molar-refractivity contribution < 1.29 is 9.53 Å². The summed E-state index contributed by atoms with van der Waals surface area (Å²) in [6, 6.07) is 0.382. The monoisotopic (exact) mass is 197 g/mol. The van der Waals surface area contributed by atoms with Crippen molar-refractivity contribution in [3.8, 4) is 0 Å². The minimum absolute atomic E-state index is 0.231. The molecule has 2 bridgehead atoms. The maximum Gasteiger partial charge on any atom is 0.226 e. The van der Waals surface area contributed by atoms with Crippen molar-refractivity contribution in [3.05, 3.63) is 0 Å². The highest BCUT2D eigenvalue weighted by Gasteiger charge is 2.42. The first-order valence-corrected chi connectivity index (χ1v) is 5.68. The molecule has 1 amide bonds. The third-order valence-corrected chi connectivity index (χ3v) is 3.52. The molecule has 2 aliphatic heterocycles. The Morgan fingerprint density at radius 3 is 2.64 bits per heavy atom. The van der Waals surface area contributed by atoms with Crippen LogP contribution in [0.5, 0.6) is 0 Å². The number of carbonyl (C=O) groups is 1. The van der Waals surface area contributed by atoms with Gasteiger partial charge in [0.05, 0.1) is 18.8 Å². The molecule has 0 radical (unpaired) electrons. The van der Waals surface area contributed by atoms with Crippen LogP contribution in [0.15, 0.2) is 0 Å². The second-order valence-electron chi connectivity index (χ2n) is 4.35. The molecule has 0 N–H and O–H groups in total. The van der Waals surface area contributed by atoms with Crippen LogP contribution in [0, 0.1) is 5.92 Å². The molecule has 2 rings (SSSR count). The topological polar surface area (TPSA) is 29.5 Å². The lowest BCUT2D eigenvalue weighted by atomic mass is 10.0. The van der Waals surface area contributed by atoms with Crippen LogP contribution in [-0.2, 0) is 9.53 Å². The maximum atomic E-state index is 12.1. The van der Waals surface area contributed by atoms with Gasteiger partial charge in [0.25, 0.3) is 0 Å². The van der Waals surface area contributed by atoms with Crippen molar-refractivity contribution in [1.29, 1.82) is 0 Å². The van der Waals surface area contributed by atoms with Gasteiger partial charge in [-0.1, -0.05) is 13.8 Å². The molecule has 14 heavy (non-hydrogen) atoms. The number of nitrogens with zero attached hydrogens (tertiary/aromatic N) is 1. The van der Waals surface area contributed by atoms with Gasteiger partial charge < -0.3 is 9.64 Å². The Morgan fingerprint density at radius 2 is 2.21 bits per heavy atom. The van der Waals surface area contributed by atoms with Crippen LogP contribution >= 0.6 is 0 Å². The Balaban J connectivity index is 1.98. The van der Waals surface area contributed by atoms with Crippen LogP contribution in [0.3, 0.4) is 0 Å². The Kier molecular flexibility index (Phi) is 2.77. The number of hydrogen-bond donors (Lipinski definition) is 0. The number of likely N-dealkylation sites (tertiary alicyclic amines) is 1. The molecule has 2 heterocycles. The molecule has 0 saturated carbocycles. The molecule has 0 aromatic carbocycles. The highest BCUT2D eigenvalue weighted by atomic mass is 16.5. The minimum Gasteiger partial charge on any atom is -0.374 e. The fraction of sp³-hybridized carbons (Fsp3) is 0.909. The largest absolute Gasteiger partial charge is 0.374 e. The third kappa shape index (κ3) is 1.54. The lowest BCUT2D eigenvalue weighted by molar-refractivity contribution is -0.140. The summed E-state index contributed by atoms with van der Waals surface area (Å²) < 4.78 is 5.49. The number of hydrogen-bond acceptors (Lipinski definition) is 2. The second-order valence-corrected chi connectivity index (χ2v) is 4.35. The van der Waals surface area contributed by atoms with Gasteiger partial charge in [-0.3, -0.25) is 4.79 Å². The van der Waals surface area contributed by atoms with E-state index in [0.717, 1.165) is 32.4 Å². The lowest BCUT2D eigenvalue weighted by Crippen LogP contribution is -2.44. The van der Waals surface area contributed by atoms with Gasteiger partial charge in [-0.05, 0) is 19.3 Å². The number of ether oxygens (including phenoxy) is 1. The van der Waals surface area contributed by atoms with Crippen LogP contribution in [0.25, 0.3) is 0 Å². The zero-order chi connectivity index (χ0) is 10.1. The molecule has 0 aromatic heterocycles. The van der Waals surface area contributed by atoms with Crippen LogP contribution in [0.4, 0.5) is 0 Å². The summed E-state index contributed by atoms with van der Waals surface area (Å²) in [6.45, 7) is 5.78. The maximum absolute atomic E-state index is 12.1. The van der Waals surface area contributed by atoms with Crippen molar-refractivity contribution in [1.82, 2.24) is 4.90 Å². The average Bonchev–Trinajstić information content (AvgIpc) is 2.80. The van der Waals surface area contributed by atoms with E-state index in [1.807, 2.05) is 4.90 Å². The summed E-state index contributed by atoms with van der Waals surface area (Å²) in [7, 11) is 0. The third-order valence-electron chi connectivity index (χ3n) is 3.52. The second kappa shape index (κ2) is 3.89. The van der Waals surface area contributed by atoms with Gasteiger partial charge in [-0.15, -0.1) is 0 Å². The van der Waals surface area contributed by atoms with Crippen LogP contribution < -0.4 is 0 Å². The Labute approximate surface area is 85.4 Å². The summed E-state index contributed by atoms with van der Waals surface area (Å²) in [4.78, 5) is 14.1. The summed E-state index contributed by atoms with van der Waals surface area (Å²) in [6.07, 6.45) is 3.32. The molecule has 0 spiro atoms. The number of rotatable bonds is 3. The van der Waals surface area contributed by atoms with E-state index in [4.69, 9.17) is 4.74 Å². The van der Waals surface area contributed by atoms with Gasteiger partial charge in [-0.2, -0.15) is 0 Å². The number of morpholine rings is 1. The van der Waals surface area contributed by atoms with E-state index in [2.05, 4.69) is 13.8 Å². The van der Waals surface area contributed by atoms with E-state index in [9.17, 15) is 4.79 Å². The molecule has 0 aromatic rings. The predicted octanol–water partition coefficient (Wildman–Crippen LogP) is 1.42. The fourth-order valence-electron chi connectivity index (χ4n) is 2.54. The highest BCUT2D eigenvalue weighted by molar-refractivity contribution is 5.79.